The molecule has 0 saturated carbocycles. The molecule has 1 aliphatic heterocycles. The summed E-state index contributed by atoms with van der Waals surface area (Å²) in [6, 6.07) is 19.5. The molecule has 4 rings (SSSR count). The van der Waals surface area contributed by atoms with Crippen LogP contribution < -0.4 is 4.90 Å². The Hall–Kier alpha value is -2.42. The summed E-state index contributed by atoms with van der Waals surface area (Å²) in [5.41, 5.74) is 2.16. The van der Waals surface area contributed by atoms with Crippen molar-refractivity contribution in [1.29, 1.82) is 0 Å². The Balaban J connectivity index is 1.41. The van der Waals surface area contributed by atoms with Gasteiger partial charge in [0, 0.05) is 18.5 Å². The second kappa shape index (κ2) is 6.60. The van der Waals surface area contributed by atoms with Gasteiger partial charge in [-0.15, -0.1) is 0 Å². The quantitative estimate of drug-likeness (QED) is 0.687. The number of hydrogen-bond donors (Lipinski definition) is 0. The molecule has 0 atom stereocenters. The molecule has 2 nitrogen and oxygen atoms in total. The first-order valence-electron chi connectivity index (χ1n) is 8.63. The van der Waals surface area contributed by atoms with Crippen molar-refractivity contribution < 1.29 is 4.39 Å². The maximum Gasteiger partial charge on any atom is 0.129 e. The number of fused-ring (bicyclic) bond motifs is 1. The summed E-state index contributed by atoms with van der Waals surface area (Å²) in [5.74, 6) is 1.56. The van der Waals surface area contributed by atoms with Crippen LogP contribution in [0.5, 0.6) is 0 Å². The fourth-order valence-electron chi connectivity index (χ4n) is 3.59. The first kappa shape index (κ1) is 15.1. The van der Waals surface area contributed by atoms with E-state index in [9.17, 15) is 4.39 Å². The van der Waals surface area contributed by atoms with Gasteiger partial charge in [-0.2, -0.15) is 0 Å². The Morgan fingerprint density at radius 3 is 2.62 bits per heavy atom. The third-order valence-electron chi connectivity index (χ3n) is 4.94. The van der Waals surface area contributed by atoms with Gasteiger partial charge in [0.15, 0.2) is 0 Å². The largest absolute Gasteiger partial charge is 0.357 e. The van der Waals surface area contributed by atoms with E-state index in [-0.39, 0.29) is 5.82 Å². The average molecular weight is 320 g/mol. The highest BCUT2D eigenvalue weighted by Crippen LogP contribution is 2.26. The molecule has 0 spiro atoms. The molecule has 24 heavy (non-hydrogen) atoms. The summed E-state index contributed by atoms with van der Waals surface area (Å²) in [6.45, 7) is 2.04. The zero-order chi connectivity index (χ0) is 16.4. The SMILES string of the molecule is Fc1cccc(CC2CCN(c3ccc4ccccc4n3)CC2)c1. The molecule has 0 radical (unpaired) electrons. The van der Waals surface area contributed by atoms with Crippen LogP contribution in [0, 0.1) is 11.7 Å². The summed E-state index contributed by atoms with van der Waals surface area (Å²) in [7, 11) is 0. The van der Waals surface area contributed by atoms with Crippen LogP contribution in [0.25, 0.3) is 10.9 Å². The van der Waals surface area contributed by atoms with Crippen LogP contribution in [0.3, 0.4) is 0 Å². The summed E-state index contributed by atoms with van der Waals surface area (Å²) < 4.78 is 13.3. The Morgan fingerprint density at radius 1 is 0.958 bits per heavy atom. The van der Waals surface area contributed by atoms with Crippen molar-refractivity contribution in [3.05, 3.63) is 72.0 Å². The highest BCUT2D eigenvalue weighted by atomic mass is 19.1. The Bertz CT molecular complexity index is 838. The lowest BCUT2D eigenvalue weighted by Gasteiger charge is -2.33. The molecule has 0 aliphatic carbocycles. The number of pyridine rings is 1. The second-order valence-corrected chi connectivity index (χ2v) is 6.63. The zero-order valence-corrected chi connectivity index (χ0v) is 13.7. The number of halogens is 1. The van der Waals surface area contributed by atoms with Gasteiger partial charge >= 0.3 is 0 Å². The predicted molar refractivity (Wildman–Crippen MR) is 96.8 cm³/mol. The Morgan fingerprint density at radius 2 is 1.79 bits per heavy atom. The fraction of sp³-hybridized carbons (Fsp3) is 0.286. The van der Waals surface area contributed by atoms with E-state index in [1.807, 2.05) is 18.2 Å². The van der Waals surface area contributed by atoms with Gasteiger partial charge in [-0.3, -0.25) is 0 Å². The number of nitrogens with zero attached hydrogens (tertiary/aromatic N) is 2. The van der Waals surface area contributed by atoms with Crippen LogP contribution in [0.4, 0.5) is 10.2 Å². The van der Waals surface area contributed by atoms with E-state index in [2.05, 4.69) is 29.2 Å². The van der Waals surface area contributed by atoms with E-state index in [4.69, 9.17) is 4.98 Å². The number of para-hydroxylation sites is 1. The second-order valence-electron chi connectivity index (χ2n) is 6.63. The van der Waals surface area contributed by atoms with Gasteiger partial charge in [-0.25, -0.2) is 9.37 Å². The van der Waals surface area contributed by atoms with Gasteiger partial charge in [0.1, 0.15) is 11.6 Å². The van der Waals surface area contributed by atoms with Crippen molar-refractivity contribution >= 4 is 16.7 Å². The van der Waals surface area contributed by atoms with Crippen LogP contribution >= 0.6 is 0 Å². The van der Waals surface area contributed by atoms with Gasteiger partial charge < -0.3 is 4.90 Å². The van der Waals surface area contributed by atoms with Crippen molar-refractivity contribution in [2.45, 2.75) is 19.3 Å². The maximum atomic E-state index is 13.3. The number of anilines is 1. The van der Waals surface area contributed by atoms with Crippen molar-refractivity contribution in [1.82, 2.24) is 4.98 Å². The number of rotatable bonds is 3. The van der Waals surface area contributed by atoms with E-state index in [1.54, 1.807) is 12.1 Å². The Kier molecular flexibility index (Phi) is 4.16. The molecule has 2 heterocycles. The van der Waals surface area contributed by atoms with Crippen molar-refractivity contribution in [2.75, 3.05) is 18.0 Å². The fourth-order valence-corrected chi connectivity index (χ4v) is 3.59. The zero-order valence-electron chi connectivity index (χ0n) is 13.7. The minimum absolute atomic E-state index is 0.134. The number of benzene rings is 2. The molecule has 0 N–H and O–H groups in total. The average Bonchev–Trinajstić information content (AvgIpc) is 2.62. The number of piperidine rings is 1. The number of hydrogen-bond acceptors (Lipinski definition) is 2. The van der Waals surface area contributed by atoms with E-state index < -0.39 is 0 Å². The summed E-state index contributed by atoms with van der Waals surface area (Å²) >= 11 is 0. The van der Waals surface area contributed by atoms with Crippen LogP contribution in [0.1, 0.15) is 18.4 Å². The minimum atomic E-state index is -0.134. The van der Waals surface area contributed by atoms with E-state index in [0.29, 0.717) is 5.92 Å². The van der Waals surface area contributed by atoms with E-state index in [1.165, 1.54) is 11.5 Å². The molecular formula is C21H21FN2. The highest BCUT2D eigenvalue weighted by molar-refractivity contribution is 5.80. The highest BCUT2D eigenvalue weighted by Gasteiger charge is 2.20. The van der Waals surface area contributed by atoms with Gasteiger partial charge in [-0.1, -0.05) is 30.3 Å². The molecule has 1 fully saturated rings. The van der Waals surface area contributed by atoms with Crippen LogP contribution in [0.15, 0.2) is 60.7 Å². The maximum absolute atomic E-state index is 13.3. The third-order valence-corrected chi connectivity index (χ3v) is 4.94. The summed E-state index contributed by atoms with van der Waals surface area (Å²) in [6.07, 6.45) is 3.23. The van der Waals surface area contributed by atoms with Gasteiger partial charge in [0.05, 0.1) is 5.52 Å². The first-order chi connectivity index (χ1) is 11.8. The molecule has 3 aromatic rings. The lowest BCUT2D eigenvalue weighted by atomic mass is 9.90. The number of aromatic nitrogens is 1. The predicted octanol–water partition coefficient (Wildman–Crippen LogP) is 4.83. The molecule has 1 aliphatic rings. The molecule has 2 aromatic carbocycles. The van der Waals surface area contributed by atoms with Crippen molar-refractivity contribution in [3.63, 3.8) is 0 Å². The van der Waals surface area contributed by atoms with Gasteiger partial charge in [0.2, 0.25) is 0 Å². The molecule has 1 aromatic heterocycles. The monoisotopic (exact) mass is 320 g/mol. The summed E-state index contributed by atoms with van der Waals surface area (Å²) in [5, 5.41) is 1.18. The van der Waals surface area contributed by atoms with Crippen LogP contribution in [0.2, 0.25) is 0 Å². The third kappa shape index (κ3) is 3.25. The molecule has 3 heteroatoms. The van der Waals surface area contributed by atoms with Crippen molar-refractivity contribution in [3.8, 4) is 0 Å². The Labute approximate surface area is 141 Å². The molecule has 0 unspecified atom stereocenters. The lowest BCUT2D eigenvalue weighted by Crippen LogP contribution is -2.34. The van der Waals surface area contributed by atoms with Crippen LogP contribution in [-0.2, 0) is 6.42 Å². The minimum Gasteiger partial charge on any atom is -0.357 e. The van der Waals surface area contributed by atoms with Gasteiger partial charge in [-0.05, 0) is 61.1 Å². The van der Waals surface area contributed by atoms with E-state index >= 15 is 0 Å². The first-order valence-corrected chi connectivity index (χ1v) is 8.63. The molecular weight excluding hydrogens is 299 g/mol. The lowest BCUT2D eigenvalue weighted by molar-refractivity contribution is 0.402. The smallest absolute Gasteiger partial charge is 0.129 e. The standard InChI is InChI=1S/C21H21FN2/c22-19-6-3-4-17(15-19)14-16-10-12-24(13-11-16)21-9-8-18-5-1-2-7-20(18)23-21/h1-9,15-16H,10-14H2. The summed E-state index contributed by atoms with van der Waals surface area (Å²) in [4.78, 5) is 7.17. The molecule has 1 saturated heterocycles. The van der Waals surface area contributed by atoms with Gasteiger partial charge in [0.25, 0.3) is 0 Å². The molecule has 122 valence electrons. The normalized spacial score (nSPS) is 15.8. The molecule has 0 bridgehead atoms. The topological polar surface area (TPSA) is 16.1 Å². The van der Waals surface area contributed by atoms with Crippen molar-refractivity contribution in [2.24, 2.45) is 5.92 Å². The van der Waals surface area contributed by atoms with E-state index in [0.717, 1.165) is 49.2 Å². The molecule has 0 amide bonds. The van der Waals surface area contributed by atoms with Crippen LogP contribution in [-0.4, -0.2) is 18.1 Å².